The van der Waals surface area contributed by atoms with E-state index < -0.39 is 33.8 Å². The van der Waals surface area contributed by atoms with Crippen molar-refractivity contribution >= 4 is 45.1 Å². The Hall–Kier alpha value is -3.31. The third-order valence-corrected chi connectivity index (χ3v) is 6.41. The van der Waals surface area contributed by atoms with Gasteiger partial charge in [-0.2, -0.15) is 8.42 Å². The molecule has 0 aromatic heterocycles. The summed E-state index contributed by atoms with van der Waals surface area (Å²) in [6.45, 7) is 2.84. The van der Waals surface area contributed by atoms with Crippen molar-refractivity contribution in [1.29, 1.82) is 0 Å². The number of carbonyl (C=O) groups is 3. The van der Waals surface area contributed by atoms with Crippen LogP contribution in [-0.4, -0.2) is 50.2 Å². The molecule has 0 atom stereocenters. The number of esters is 1. The first-order valence-electron chi connectivity index (χ1n) is 9.72. The number of methoxy groups -OCH3 is 1. The third-order valence-electron chi connectivity index (χ3n) is 4.24. The topological polar surface area (TPSA) is 116 Å². The normalized spacial score (nSPS) is 15.3. The summed E-state index contributed by atoms with van der Waals surface area (Å²) in [6.07, 6.45) is 1.05. The smallest absolute Gasteiger partial charge is 0.339 e. The van der Waals surface area contributed by atoms with Crippen LogP contribution in [0.15, 0.2) is 58.3 Å². The van der Waals surface area contributed by atoms with Crippen molar-refractivity contribution < 1.29 is 36.5 Å². The lowest BCUT2D eigenvalue weighted by Gasteiger charge is -2.13. The summed E-state index contributed by atoms with van der Waals surface area (Å²) in [6, 6.07) is 11.8. The lowest BCUT2D eigenvalue weighted by Crippen LogP contribution is -2.35. The van der Waals surface area contributed by atoms with Crippen LogP contribution in [0, 0.1) is 0 Å². The molecule has 174 valence electrons. The molecule has 1 fully saturated rings. The molecule has 2 amide bonds. The maximum absolute atomic E-state index is 12.6. The molecule has 0 unspecified atom stereocenters. The molecule has 0 N–H and O–H groups in total. The number of nitrogens with zero attached hydrogens (tertiary/aromatic N) is 1. The molecule has 2 aromatic rings. The molecule has 1 aliphatic heterocycles. The zero-order valence-electron chi connectivity index (χ0n) is 18.0. The number of benzene rings is 2. The summed E-state index contributed by atoms with van der Waals surface area (Å²) in [7, 11) is -2.63. The van der Waals surface area contributed by atoms with Crippen LogP contribution in [0.3, 0.4) is 0 Å². The summed E-state index contributed by atoms with van der Waals surface area (Å²) in [5.41, 5.74) is 0.438. The van der Waals surface area contributed by atoms with Gasteiger partial charge >= 0.3 is 16.1 Å². The van der Waals surface area contributed by atoms with Crippen LogP contribution in [0.5, 0.6) is 11.5 Å². The number of hydrogen-bond acceptors (Lipinski definition) is 9. The molecular formula is C22H21NO8S2. The Balaban J connectivity index is 1.76. The minimum Gasteiger partial charge on any atom is -0.497 e. The van der Waals surface area contributed by atoms with E-state index in [4.69, 9.17) is 13.7 Å². The molecule has 3 rings (SSSR count). The Morgan fingerprint density at radius 1 is 1.09 bits per heavy atom. The Bertz CT molecular complexity index is 1200. The second kappa shape index (κ2) is 10.1. The quantitative estimate of drug-likeness (QED) is 0.311. The molecule has 2 aromatic carbocycles. The summed E-state index contributed by atoms with van der Waals surface area (Å²) in [4.78, 5) is 37.4. The van der Waals surface area contributed by atoms with Crippen molar-refractivity contribution in [2.75, 3.05) is 13.7 Å². The van der Waals surface area contributed by atoms with E-state index in [-0.39, 0.29) is 21.7 Å². The fraction of sp³-hybridized carbons (Fsp3) is 0.227. The minimum atomic E-state index is -4.10. The predicted octanol–water partition coefficient (Wildman–Crippen LogP) is 3.45. The van der Waals surface area contributed by atoms with Gasteiger partial charge in [-0.1, -0.05) is 12.1 Å². The summed E-state index contributed by atoms with van der Waals surface area (Å²) in [5.74, 6) is -0.794. The Morgan fingerprint density at radius 2 is 1.79 bits per heavy atom. The average molecular weight is 492 g/mol. The van der Waals surface area contributed by atoms with E-state index in [0.29, 0.717) is 23.1 Å². The molecule has 9 nitrogen and oxygen atoms in total. The second-order valence-corrected chi connectivity index (χ2v) is 9.63. The van der Waals surface area contributed by atoms with Crippen LogP contribution in [-0.2, 0) is 24.4 Å². The molecule has 0 bridgehead atoms. The maximum atomic E-state index is 12.6. The number of carbonyl (C=O) groups excluding carboxylic acids is 3. The van der Waals surface area contributed by atoms with Crippen molar-refractivity contribution in [3.8, 4) is 11.5 Å². The monoisotopic (exact) mass is 491 g/mol. The SMILES string of the molecule is COc1ccc(S(=O)(=O)Oc2cccc(/C=C3\SC(=O)N(CC(=O)OC(C)C)C3=O)c2)cc1. The van der Waals surface area contributed by atoms with Crippen molar-refractivity contribution in [2.45, 2.75) is 24.8 Å². The summed E-state index contributed by atoms with van der Waals surface area (Å²) >= 11 is 0.677. The second-order valence-electron chi connectivity index (χ2n) is 7.09. The van der Waals surface area contributed by atoms with Crippen molar-refractivity contribution in [3.05, 3.63) is 59.0 Å². The Morgan fingerprint density at radius 3 is 2.42 bits per heavy atom. The largest absolute Gasteiger partial charge is 0.497 e. The standard InChI is InChI=1S/C22H21NO8S2/c1-14(2)30-20(24)13-23-21(25)19(32-22(23)26)12-15-5-4-6-17(11-15)31-33(27,28)18-9-7-16(29-3)8-10-18/h4-12,14H,13H2,1-3H3/b19-12-. The maximum Gasteiger partial charge on any atom is 0.339 e. The highest BCUT2D eigenvalue weighted by Gasteiger charge is 2.36. The zero-order valence-corrected chi connectivity index (χ0v) is 19.6. The molecule has 1 saturated heterocycles. The Labute approximate surface area is 195 Å². The van der Waals surface area contributed by atoms with Crippen LogP contribution >= 0.6 is 11.8 Å². The van der Waals surface area contributed by atoms with E-state index in [2.05, 4.69) is 0 Å². The van der Waals surface area contributed by atoms with Crippen molar-refractivity contribution in [1.82, 2.24) is 4.90 Å². The van der Waals surface area contributed by atoms with Gasteiger partial charge in [-0.25, -0.2) is 0 Å². The highest BCUT2D eigenvalue weighted by atomic mass is 32.2. The van der Waals surface area contributed by atoms with E-state index >= 15 is 0 Å². The predicted molar refractivity (Wildman–Crippen MR) is 121 cm³/mol. The van der Waals surface area contributed by atoms with Gasteiger partial charge in [0.15, 0.2) is 0 Å². The van der Waals surface area contributed by atoms with Crippen LogP contribution in [0.4, 0.5) is 4.79 Å². The van der Waals surface area contributed by atoms with Gasteiger partial charge < -0.3 is 13.7 Å². The number of amides is 2. The molecule has 11 heteroatoms. The highest BCUT2D eigenvalue weighted by molar-refractivity contribution is 8.18. The molecule has 0 aliphatic carbocycles. The van der Waals surface area contributed by atoms with Crippen LogP contribution in [0.1, 0.15) is 19.4 Å². The number of imide groups is 1. The molecule has 0 spiro atoms. The van der Waals surface area contributed by atoms with Gasteiger partial charge in [0.1, 0.15) is 22.9 Å². The van der Waals surface area contributed by atoms with Gasteiger partial charge in [0.05, 0.1) is 18.1 Å². The zero-order chi connectivity index (χ0) is 24.2. The van der Waals surface area contributed by atoms with Crippen LogP contribution in [0.2, 0.25) is 0 Å². The van der Waals surface area contributed by atoms with Gasteiger partial charge in [-0.3, -0.25) is 19.3 Å². The van der Waals surface area contributed by atoms with E-state index in [1.807, 2.05) is 0 Å². The number of hydrogen-bond donors (Lipinski definition) is 0. The molecule has 1 heterocycles. The Kier molecular flexibility index (Phi) is 7.44. The highest BCUT2D eigenvalue weighted by Crippen LogP contribution is 2.33. The first-order valence-corrected chi connectivity index (χ1v) is 11.9. The summed E-state index contributed by atoms with van der Waals surface area (Å²) in [5, 5.41) is -0.596. The van der Waals surface area contributed by atoms with Gasteiger partial charge in [-0.15, -0.1) is 0 Å². The lowest BCUT2D eigenvalue weighted by molar-refractivity contribution is -0.149. The van der Waals surface area contributed by atoms with Gasteiger partial charge in [0.25, 0.3) is 11.1 Å². The van der Waals surface area contributed by atoms with Crippen molar-refractivity contribution in [2.24, 2.45) is 0 Å². The summed E-state index contributed by atoms with van der Waals surface area (Å²) < 4.78 is 40.3. The lowest BCUT2D eigenvalue weighted by atomic mass is 10.2. The van der Waals surface area contributed by atoms with Gasteiger partial charge in [0, 0.05) is 0 Å². The molecule has 0 radical (unpaired) electrons. The fourth-order valence-corrected chi connectivity index (χ4v) is 4.55. The minimum absolute atomic E-state index is 0.0271. The number of thioether (sulfide) groups is 1. The van der Waals surface area contributed by atoms with E-state index in [9.17, 15) is 22.8 Å². The van der Waals surface area contributed by atoms with E-state index in [1.54, 1.807) is 26.0 Å². The van der Waals surface area contributed by atoms with Crippen LogP contribution in [0.25, 0.3) is 6.08 Å². The first kappa shape index (κ1) is 24.3. The average Bonchev–Trinajstić information content (AvgIpc) is 3.00. The molecule has 1 aliphatic rings. The number of rotatable bonds is 8. The first-order chi connectivity index (χ1) is 15.6. The third kappa shape index (κ3) is 6.14. The fourth-order valence-electron chi connectivity index (χ4n) is 2.79. The van der Waals surface area contributed by atoms with E-state index in [1.165, 1.54) is 49.6 Å². The van der Waals surface area contributed by atoms with Crippen molar-refractivity contribution in [3.63, 3.8) is 0 Å². The van der Waals surface area contributed by atoms with E-state index in [0.717, 1.165) is 4.90 Å². The van der Waals surface area contributed by atoms with Crippen LogP contribution < -0.4 is 8.92 Å². The number of ether oxygens (including phenoxy) is 2. The molecular weight excluding hydrogens is 470 g/mol. The van der Waals surface area contributed by atoms with Gasteiger partial charge in [-0.05, 0) is 73.6 Å². The van der Waals surface area contributed by atoms with Gasteiger partial charge in [0.2, 0.25) is 0 Å². The molecule has 0 saturated carbocycles. The molecule has 33 heavy (non-hydrogen) atoms.